The van der Waals surface area contributed by atoms with Gasteiger partial charge in [-0.15, -0.1) is 0 Å². The second-order valence-electron chi connectivity index (χ2n) is 3.83. The summed E-state index contributed by atoms with van der Waals surface area (Å²) in [6.07, 6.45) is 3.26. The van der Waals surface area contributed by atoms with Crippen molar-refractivity contribution in [3.8, 4) is 0 Å². The molecule has 74 valence electrons. The second-order valence-corrected chi connectivity index (χ2v) is 4.27. The molecular formula is C10H11ClN2O. The molecule has 0 aromatic carbocycles. The highest BCUT2D eigenvalue weighted by Gasteiger charge is 2.39. The fraction of sp³-hybridized carbons (Fsp3) is 0.500. The number of aromatic nitrogens is 1. The van der Waals surface area contributed by atoms with Crippen LogP contribution in [0.1, 0.15) is 6.42 Å². The maximum absolute atomic E-state index is 5.79. The number of hydrogen-bond acceptors (Lipinski definition) is 3. The summed E-state index contributed by atoms with van der Waals surface area (Å²) in [5, 5.41) is 0.689. The van der Waals surface area contributed by atoms with Crippen LogP contribution in [0.2, 0.25) is 5.02 Å². The number of anilines is 1. The van der Waals surface area contributed by atoms with Gasteiger partial charge in [-0.1, -0.05) is 11.6 Å². The summed E-state index contributed by atoms with van der Waals surface area (Å²) < 4.78 is 5.53. The summed E-state index contributed by atoms with van der Waals surface area (Å²) in [6, 6.07) is 4.38. The summed E-state index contributed by atoms with van der Waals surface area (Å²) >= 11 is 5.79. The third-order valence-electron chi connectivity index (χ3n) is 2.91. The Morgan fingerprint density at radius 1 is 1.50 bits per heavy atom. The molecule has 1 aromatic rings. The van der Waals surface area contributed by atoms with Crippen LogP contribution in [0.15, 0.2) is 18.3 Å². The van der Waals surface area contributed by atoms with Crippen molar-refractivity contribution >= 4 is 17.4 Å². The van der Waals surface area contributed by atoms with Crippen molar-refractivity contribution in [3.63, 3.8) is 0 Å². The average Bonchev–Trinajstić information content (AvgIpc) is 2.80. The number of fused-ring (bicyclic) bond motifs is 2. The maximum atomic E-state index is 5.79. The molecule has 3 nitrogen and oxygen atoms in total. The Morgan fingerprint density at radius 3 is 3.00 bits per heavy atom. The van der Waals surface area contributed by atoms with Crippen LogP contribution in [0.25, 0.3) is 0 Å². The van der Waals surface area contributed by atoms with E-state index in [1.165, 1.54) is 0 Å². The normalized spacial score (nSPS) is 29.9. The molecule has 2 aliphatic heterocycles. The third kappa shape index (κ3) is 1.28. The first-order valence-corrected chi connectivity index (χ1v) is 5.20. The van der Waals surface area contributed by atoms with Gasteiger partial charge in [0.2, 0.25) is 0 Å². The third-order valence-corrected chi connectivity index (χ3v) is 3.13. The van der Waals surface area contributed by atoms with Crippen LogP contribution in [-0.2, 0) is 4.74 Å². The van der Waals surface area contributed by atoms with Gasteiger partial charge in [0.05, 0.1) is 23.8 Å². The lowest BCUT2D eigenvalue weighted by atomic mass is 10.2. The summed E-state index contributed by atoms with van der Waals surface area (Å²) in [5.41, 5.74) is 0. The van der Waals surface area contributed by atoms with Gasteiger partial charge in [0.25, 0.3) is 0 Å². The molecule has 3 rings (SSSR count). The van der Waals surface area contributed by atoms with Crippen molar-refractivity contribution in [2.24, 2.45) is 0 Å². The molecule has 2 aliphatic rings. The van der Waals surface area contributed by atoms with Crippen LogP contribution in [0.4, 0.5) is 5.82 Å². The number of morpholine rings is 1. The van der Waals surface area contributed by atoms with E-state index in [-0.39, 0.29) is 0 Å². The Bertz CT molecular complexity index is 340. The van der Waals surface area contributed by atoms with E-state index in [9.17, 15) is 0 Å². The topological polar surface area (TPSA) is 25.4 Å². The fourth-order valence-electron chi connectivity index (χ4n) is 2.22. The van der Waals surface area contributed by atoms with Gasteiger partial charge in [0.1, 0.15) is 5.82 Å². The minimum Gasteiger partial charge on any atom is -0.374 e. The highest BCUT2D eigenvalue weighted by molar-refractivity contribution is 6.30. The van der Waals surface area contributed by atoms with Gasteiger partial charge in [0, 0.05) is 12.7 Å². The van der Waals surface area contributed by atoms with E-state index in [1.807, 2.05) is 12.1 Å². The maximum Gasteiger partial charge on any atom is 0.128 e. The number of rotatable bonds is 1. The Labute approximate surface area is 87.6 Å². The predicted octanol–water partition coefficient (Wildman–Crippen LogP) is 1.71. The summed E-state index contributed by atoms with van der Waals surface area (Å²) in [5.74, 6) is 1.02. The molecule has 4 heteroatoms. The summed E-state index contributed by atoms with van der Waals surface area (Å²) in [4.78, 5) is 6.63. The van der Waals surface area contributed by atoms with Crippen molar-refractivity contribution in [1.29, 1.82) is 0 Å². The summed E-state index contributed by atoms with van der Waals surface area (Å²) in [6.45, 7) is 1.81. The number of pyridine rings is 1. The number of hydrogen-bond donors (Lipinski definition) is 0. The van der Waals surface area contributed by atoms with Gasteiger partial charge in [-0.2, -0.15) is 0 Å². The molecule has 2 atom stereocenters. The van der Waals surface area contributed by atoms with Gasteiger partial charge in [-0.3, -0.25) is 0 Å². The standard InChI is InChI=1S/C10H11ClN2O/c11-7-1-2-10(12-4-7)13-5-9-3-8(13)6-14-9/h1-2,4,8-9H,3,5-6H2/t8-,9-/m0/s1. The van der Waals surface area contributed by atoms with Gasteiger partial charge in [-0.05, 0) is 18.6 Å². The van der Waals surface area contributed by atoms with Gasteiger partial charge >= 0.3 is 0 Å². The molecule has 0 unspecified atom stereocenters. The lowest BCUT2D eigenvalue weighted by Crippen LogP contribution is -2.37. The lowest BCUT2D eigenvalue weighted by Gasteiger charge is -2.27. The smallest absolute Gasteiger partial charge is 0.128 e. The Hall–Kier alpha value is -0.800. The Balaban J connectivity index is 1.86. The molecule has 3 heterocycles. The molecule has 2 fully saturated rings. The average molecular weight is 211 g/mol. The largest absolute Gasteiger partial charge is 0.374 e. The fourth-order valence-corrected chi connectivity index (χ4v) is 2.33. The van der Waals surface area contributed by atoms with E-state index in [4.69, 9.17) is 16.3 Å². The van der Waals surface area contributed by atoms with E-state index >= 15 is 0 Å². The van der Waals surface area contributed by atoms with E-state index < -0.39 is 0 Å². The van der Waals surface area contributed by atoms with Gasteiger partial charge < -0.3 is 9.64 Å². The SMILES string of the molecule is Clc1ccc(N2C[C@@H]3C[C@H]2CO3)nc1. The molecule has 1 aromatic heterocycles. The van der Waals surface area contributed by atoms with Crippen molar-refractivity contribution in [1.82, 2.24) is 4.98 Å². The van der Waals surface area contributed by atoms with Crippen molar-refractivity contribution in [3.05, 3.63) is 23.4 Å². The van der Waals surface area contributed by atoms with E-state index in [0.29, 0.717) is 17.2 Å². The monoisotopic (exact) mass is 210 g/mol. The quantitative estimate of drug-likeness (QED) is 0.706. The number of nitrogens with zero attached hydrogens (tertiary/aromatic N) is 2. The van der Waals surface area contributed by atoms with E-state index in [1.54, 1.807) is 6.20 Å². The van der Waals surface area contributed by atoms with Crippen molar-refractivity contribution in [2.45, 2.75) is 18.6 Å². The van der Waals surface area contributed by atoms with Crippen LogP contribution in [0.5, 0.6) is 0 Å². The van der Waals surface area contributed by atoms with Crippen molar-refractivity contribution < 1.29 is 4.74 Å². The zero-order valence-corrected chi connectivity index (χ0v) is 8.44. The van der Waals surface area contributed by atoms with Crippen LogP contribution in [-0.4, -0.2) is 30.3 Å². The molecule has 0 amide bonds. The second kappa shape index (κ2) is 3.11. The zero-order chi connectivity index (χ0) is 9.54. The highest BCUT2D eigenvalue weighted by Crippen LogP contribution is 2.31. The minimum atomic E-state index is 0.414. The first-order valence-electron chi connectivity index (χ1n) is 4.83. The molecule has 2 bridgehead atoms. The van der Waals surface area contributed by atoms with Crippen LogP contribution >= 0.6 is 11.6 Å². The van der Waals surface area contributed by atoms with Gasteiger partial charge in [0.15, 0.2) is 0 Å². The van der Waals surface area contributed by atoms with E-state index in [2.05, 4.69) is 9.88 Å². The first kappa shape index (κ1) is 8.50. The van der Waals surface area contributed by atoms with E-state index in [0.717, 1.165) is 25.4 Å². The molecule has 0 spiro atoms. The molecule has 0 N–H and O–H groups in total. The molecular weight excluding hydrogens is 200 g/mol. The van der Waals surface area contributed by atoms with Crippen LogP contribution in [0.3, 0.4) is 0 Å². The molecule has 2 saturated heterocycles. The Morgan fingerprint density at radius 2 is 2.43 bits per heavy atom. The highest BCUT2D eigenvalue weighted by atomic mass is 35.5. The number of halogens is 1. The molecule has 0 aliphatic carbocycles. The zero-order valence-electron chi connectivity index (χ0n) is 7.69. The number of ether oxygens (including phenoxy) is 1. The molecule has 14 heavy (non-hydrogen) atoms. The summed E-state index contributed by atoms with van der Waals surface area (Å²) in [7, 11) is 0. The predicted molar refractivity (Wildman–Crippen MR) is 54.7 cm³/mol. The molecule has 0 radical (unpaired) electrons. The first-order chi connectivity index (χ1) is 6.83. The van der Waals surface area contributed by atoms with Gasteiger partial charge in [-0.25, -0.2) is 4.98 Å². The Kier molecular flexibility index (Phi) is 1.89. The minimum absolute atomic E-state index is 0.414. The van der Waals surface area contributed by atoms with Crippen LogP contribution < -0.4 is 4.90 Å². The van der Waals surface area contributed by atoms with Crippen LogP contribution in [0, 0.1) is 0 Å². The lowest BCUT2D eigenvalue weighted by molar-refractivity contribution is 0.0989. The molecule has 0 saturated carbocycles. The van der Waals surface area contributed by atoms with Crippen molar-refractivity contribution in [2.75, 3.05) is 18.1 Å².